The summed E-state index contributed by atoms with van der Waals surface area (Å²) in [5, 5.41) is 13.2. The first-order valence-electron chi connectivity index (χ1n) is 6.51. The van der Waals surface area contributed by atoms with E-state index < -0.39 is 0 Å². The molecule has 0 atom stereocenters. The molecule has 1 aliphatic heterocycles. The van der Waals surface area contributed by atoms with Gasteiger partial charge < -0.3 is 14.8 Å². The van der Waals surface area contributed by atoms with Crippen LogP contribution in [0.4, 0.5) is 9.93 Å². The van der Waals surface area contributed by atoms with Crippen molar-refractivity contribution in [3.63, 3.8) is 0 Å². The summed E-state index contributed by atoms with van der Waals surface area (Å²) in [4.78, 5) is 11.6. The number of hydrogen-bond donors (Lipinski definition) is 2. The first-order chi connectivity index (χ1) is 10.3. The number of benzene rings is 1. The maximum Gasteiger partial charge on any atom is 0.321 e. The molecule has 110 valence electrons. The molecule has 21 heavy (non-hydrogen) atoms. The molecule has 0 saturated heterocycles. The van der Waals surface area contributed by atoms with E-state index in [-0.39, 0.29) is 6.03 Å². The van der Waals surface area contributed by atoms with Gasteiger partial charge in [0.1, 0.15) is 18.7 Å². The SMILES string of the molecule is O=C(NCCc1ccc2c(c1)OCCO2)Nc1nncs1. The highest BCUT2D eigenvalue weighted by molar-refractivity contribution is 7.13. The van der Waals surface area contributed by atoms with E-state index in [4.69, 9.17) is 9.47 Å². The van der Waals surface area contributed by atoms with Gasteiger partial charge in [-0.1, -0.05) is 17.4 Å². The van der Waals surface area contributed by atoms with Crippen LogP contribution in [-0.4, -0.2) is 36.0 Å². The average Bonchev–Trinajstić information content (AvgIpc) is 3.00. The van der Waals surface area contributed by atoms with Gasteiger partial charge in [-0.25, -0.2) is 4.79 Å². The van der Waals surface area contributed by atoms with Crippen LogP contribution in [0.5, 0.6) is 11.5 Å². The number of urea groups is 1. The van der Waals surface area contributed by atoms with Gasteiger partial charge in [0.25, 0.3) is 0 Å². The zero-order valence-electron chi connectivity index (χ0n) is 11.2. The van der Waals surface area contributed by atoms with Crippen molar-refractivity contribution >= 4 is 22.5 Å². The Morgan fingerprint density at radius 2 is 2.14 bits per heavy atom. The number of carbonyl (C=O) groups is 1. The molecule has 0 unspecified atom stereocenters. The summed E-state index contributed by atoms with van der Waals surface area (Å²) >= 11 is 1.27. The molecule has 0 bridgehead atoms. The Balaban J connectivity index is 1.48. The minimum absolute atomic E-state index is 0.288. The summed E-state index contributed by atoms with van der Waals surface area (Å²) in [6.07, 6.45) is 0.709. The molecule has 2 amide bonds. The molecular formula is C13H14N4O3S. The molecule has 0 radical (unpaired) electrons. The van der Waals surface area contributed by atoms with Gasteiger partial charge in [0.15, 0.2) is 11.5 Å². The lowest BCUT2D eigenvalue weighted by molar-refractivity contribution is 0.171. The molecule has 0 aliphatic carbocycles. The maximum atomic E-state index is 11.6. The van der Waals surface area contributed by atoms with Crippen molar-refractivity contribution in [1.82, 2.24) is 15.5 Å². The molecule has 2 aromatic rings. The van der Waals surface area contributed by atoms with Crippen molar-refractivity contribution in [2.24, 2.45) is 0 Å². The van der Waals surface area contributed by atoms with Crippen molar-refractivity contribution in [3.05, 3.63) is 29.3 Å². The molecule has 2 heterocycles. The zero-order valence-corrected chi connectivity index (χ0v) is 12.0. The Morgan fingerprint density at radius 1 is 1.29 bits per heavy atom. The summed E-state index contributed by atoms with van der Waals surface area (Å²) in [6, 6.07) is 5.52. The van der Waals surface area contributed by atoms with Gasteiger partial charge in [-0.05, 0) is 24.1 Å². The Hall–Kier alpha value is -2.35. The predicted molar refractivity (Wildman–Crippen MR) is 78.1 cm³/mol. The van der Waals surface area contributed by atoms with Gasteiger partial charge in [-0.15, -0.1) is 10.2 Å². The summed E-state index contributed by atoms with van der Waals surface area (Å²) in [5.74, 6) is 1.53. The number of anilines is 1. The Bertz CT molecular complexity index is 618. The van der Waals surface area contributed by atoms with E-state index in [1.165, 1.54) is 11.3 Å². The van der Waals surface area contributed by atoms with Gasteiger partial charge in [0.2, 0.25) is 5.13 Å². The largest absolute Gasteiger partial charge is 0.486 e. The normalized spacial score (nSPS) is 12.8. The molecule has 0 spiro atoms. The van der Waals surface area contributed by atoms with Crippen molar-refractivity contribution < 1.29 is 14.3 Å². The van der Waals surface area contributed by atoms with Gasteiger partial charge in [0.05, 0.1) is 0 Å². The molecule has 1 aliphatic rings. The van der Waals surface area contributed by atoms with Crippen LogP contribution in [0.1, 0.15) is 5.56 Å². The molecule has 3 rings (SSSR count). The first-order valence-corrected chi connectivity index (χ1v) is 7.39. The lowest BCUT2D eigenvalue weighted by atomic mass is 10.1. The second kappa shape index (κ2) is 6.40. The number of aromatic nitrogens is 2. The fourth-order valence-corrected chi connectivity index (χ4v) is 2.37. The van der Waals surface area contributed by atoms with E-state index in [1.807, 2.05) is 18.2 Å². The number of nitrogens with zero attached hydrogens (tertiary/aromatic N) is 2. The lowest BCUT2D eigenvalue weighted by Gasteiger charge is -2.18. The number of ether oxygens (including phenoxy) is 2. The summed E-state index contributed by atoms with van der Waals surface area (Å²) in [7, 11) is 0. The highest BCUT2D eigenvalue weighted by Crippen LogP contribution is 2.30. The third kappa shape index (κ3) is 3.60. The summed E-state index contributed by atoms with van der Waals surface area (Å²) in [6.45, 7) is 1.67. The van der Waals surface area contributed by atoms with Gasteiger partial charge in [-0.2, -0.15) is 0 Å². The molecule has 0 saturated carbocycles. The van der Waals surface area contributed by atoms with Crippen LogP contribution in [0, 0.1) is 0 Å². The van der Waals surface area contributed by atoms with Crippen molar-refractivity contribution in [3.8, 4) is 11.5 Å². The summed E-state index contributed by atoms with van der Waals surface area (Å²) in [5.41, 5.74) is 2.64. The van der Waals surface area contributed by atoms with Crippen LogP contribution in [0.25, 0.3) is 0 Å². The van der Waals surface area contributed by atoms with E-state index in [0.29, 0.717) is 31.3 Å². The highest BCUT2D eigenvalue weighted by Gasteiger charge is 2.11. The van der Waals surface area contributed by atoms with Gasteiger partial charge in [0, 0.05) is 6.54 Å². The molecule has 1 aromatic carbocycles. The summed E-state index contributed by atoms with van der Waals surface area (Å²) < 4.78 is 11.0. The van der Waals surface area contributed by atoms with Crippen molar-refractivity contribution in [1.29, 1.82) is 0 Å². The Morgan fingerprint density at radius 3 is 2.95 bits per heavy atom. The van der Waals surface area contributed by atoms with Crippen molar-refractivity contribution in [2.75, 3.05) is 25.1 Å². The second-order valence-electron chi connectivity index (χ2n) is 4.35. The first kappa shape index (κ1) is 13.6. The Kier molecular flexibility index (Phi) is 4.15. The van der Waals surface area contributed by atoms with Crippen molar-refractivity contribution in [2.45, 2.75) is 6.42 Å². The number of nitrogens with one attached hydrogen (secondary N) is 2. The number of amides is 2. The highest BCUT2D eigenvalue weighted by atomic mass is 32.1. The van der Waals surface area contributed by atoms with E-state index in [1.54, 1.807) is 5.51 Å². The van der Waals surface area contributed by atoms with E-state index in [0.717, 1.165) is 17.1 Å². The minimum Gasteiger partial charge on any atom is -0.486 e. The monoisotopic (exact) mass is 306 g/mol. The van der Waals surface area contributed by atoms with E-state index >= 15 is 0 Å². The standard InChI is InChI=1S/C13H14N4O3S/c18-12(16-13-17-15-8-21-13)14-4-3-9-1-2-10-11(7-9)20-6-5-19-10/h1-2,7-8H,3-6H2,(H2,14,16,17,18). The molecule has 0 fully saturated rings. The van der Waals surface area contributed by atoms with E-state index in [2.05, 4.69) is 20.8 Å². The molecule has 7 nitrogen and oxygen atoms in total. The topological polar surface area (TPSA) is 85.4 Å². The van der Waals surface area contributed by atoms with Crippen LogP contribution < -0.4 is 20.1 Å². The smallest absolute Gasteiger partial charge is 0.321 e. The van der Waals surface area contributed by atoms with E-state index in [9.17, 15) is 4.79 Å². The second-order valence-corrected chi connectivity index (χ2v) is 5.19. The van der Waals surface area contributed by atoms with Crippen LogP contribution in [-0.2, 0) is 6.42 Å². The average molecular weight is 306 g/mol. The lowest BCUT2D eigenvalue weighted by Crippen LogP contribution is -2.30. The quantitative estimate of drug-likeness (QED) is 0.897. The number of rotatable bonds is 4. The van der Waals surface area contributed by atoms with Crippen LogP contribution >= 0.6 is 11.3 Å². The van der Waals surface area contributed by atoms with Gasteiger partial charge in [-0.3, -0.25) is 5.32 Å². The molecule has 2 N–H and O–H groups in total. The molecular weight excluding hydrogens is 292 g/mol. The van der Waals surface area contributed by atoms with Crippen LogP contribution in [0.2, 0.25) is 0 Å². The molecule has 8 heteroatoms. The third-order valence-electron chi connectivity index (χ3n) is 2.89. The number of fused-ring (bicyclic) bond motifs is 1. The van der Waals surface area contributed by atoms with Crippen LogP contribution in [0.15, 0.2) is 23.7 Å². The number of carbonyl (C=O) groups excluding carboxylic acids is 1. The minimum atomic E-state index is -0.288. The number of hydrogen-bond acceptors (Lipinski definition) is 6. The fourth-order valence-electron chi connectivity index (χ4n) is 1.93. The zero-order chi connectivity index (χ0) is 14.5. The fraction of sp³-hybridized carbons (Fsp3) is 0.308. The van der Waals surface area contributed by atoms with Gasteiger partial charge >= 0.3 is 6.03 Å². The maximum absolute atomic E-state index is 11.6. The van der Waals surface area contributed by atoms with Crippen LogP contribution in [0.3, 0.4) is 0 Å². The predicted octanol–water partition coefficient (Wildman–Crippen LogP) is 1.67. The third-order valence-corrected chi connectivity index (χ3v) is 3.49. The molecule has 1 aromatic heterocycles. The Labute approximate surface area is 125 Å².